The van der Waals surface area contributed by atoms with Gasteiger partial charge in [0.05, 0.1) is 5.52 Å². The number of allylic oxidation sites excluding steroid dienone is 2. The van der Waals surface area contributed by atoms with Crippen LogP contribution < -0.4 is 4.90 Å². The van der Waals surface area contributed by atoms with Crippen LogP contribution in [0.15, 0.2) is 49.6 Å². The molecule has 0 unspecified atom stereocenters. The number of fused-ring (bicyclic) bond motifs is 1. The maximum atomic E-state index is 3.93. The zero-order valence-electron chi connectivity index (χ0n) is 12.0. The summed E-state index contributed by atoms with van der Waals surface area (Å²) < 4.78 is 2.41. The van der Waals surface area contributed by atoms with Gasteiger partial charge in [-0.2, -0.15) is 0 Å². The standard InChI is InChI=1S/C18H22N2/c1-3-8-15-9-7-10-16-14-17(19-12-5-6-13-19)20(11-4-2)18(15)16/h3-4,7,9-10,14H,1-2,5-6,8,11-13H2. The molecule has 20 heavy (non-hydrogen) atoms. The Morgan fingerprint density at radius 3 is 2.60 bits per heavy atom. The van der Waals surface area contributed by atoms with Crippen LogP contribution in [0.3, 0.4) is 0 Å². The van der Waals surface area contributed by atoms with Gasteiger partial charge in [-0.15, -0.1) is 13.2 Å². The molecule has 1 fully saturated rings. The molecule has 0 radical (unpaired) electrons. The molecule has 0 aliphatic carbocycles. The predicted octanol–water partition coefficient (Wildman–Crippen LogP) is 4.16. The smallest absolute Gasteiger partial charge is 0.109 e. The quantitative estimate of drug-likeness (QED) is 0.738. The molecule has 1 aliphatic heterocycles. The average Bonchev–Trinajstić information content (AvgIpc) is 3.07. The van der Waals surface area contributed by atoms with Gasteiger partial charge in [-0.3, -0.25) is 0 Å². The van der Waals surface area contributed by atoms with Gasteiger partial charge in [-0.05, 0) is 30.9 Å². The molecule has 2 aromatic rings. The van der Waals surface area contributed by atoms with Crippen LogP contribution in [0.5, 0.6) is 0 Å². The Morgan fingerprint density at radius 2 is 1.90 bits per heavy atom. The lowest BCUT2D eigenvalue weighted by Crippen LogP contribution is -2.21. The van der Waals surface area contributed by atoms with E-state index in [2.05, 4.69) is 46.9 Å². The molecule has 0 N–H and O–H groups in total. The number of nitrogens with zero attached hydrogens (tertiary/aromatic N) is 2. The van der Waals surface area contributed by atoms with Crippen molar-refractivity contribution >= 4 is 16.7 Å². The van der Waals surface area contributed by atoms with Crippen LogP contribution in [0.4, 0.5) is 5.82 Å². The largest absolute Gasteiger partial charge is 0.358 e. The van der Waals surface area contributed by atoms with E-state index in [9.17, 15) is 0 Å². The summed E-state index contributed by atoms with van der Waals surface area (Å²) in [5, 5.41) is 1.33. The molecule has 1 aliphatic rings. The third-order valence-electron chi connectivity index (χ3n) is 4.09. The maximum absolute atomic E-state index is 3.93. The van der Waals surface area contributed by atoms with E-state index >= 15 is 0 Å². The number of rotatable bonds is 5. The van der Waals surface area contributed by atoms with Gasteiger partial charge in [0.1, 0.15) is 5.82 Å². The van der Waals surface area contributed by atoms with Crippen LogP contribution in [0.25, 0.3) is 10.9 Å². The van der Waals surface area contributed by atoms with Crippen molar-refractivity contribution in [3.05, 3.63) is 55.1 Å². The molecular weight excluding hydrogens is 244 g/mol. The van der Waals surface area contributed by atoms with E-state index in [4.69, 9.17) is 0 Å². The first-order valence-corrected chi connectivity index (χ1v) is 7.43. The SMILES string of the molecule is C=CCc1cccc2cc(N3CCCC3)n(CC=C)c12. The lowest BCUT2D eigenvalue weighted by molar-refractivity contribution is 0.807. The van der Waals surface area contributed by atoms with Gasteiger partial charge in [-0.1, -0.05) is 30.4 Å². The van der Waals surface area contributed by atoms with E-state index in [-0.39, 0.29) is 0 Å². The summed E-state index contributed by atoms with van der Waals surface area (Å²) in [6.45, 7) is 11.0. The zero-order chi connectivity index (χ0) is 13.9. The summed E-state index contributed by atoms with van der Waals surface area (Å²) in [4.78, 5) is 2.50. The average molecular weight is 266 g/mol. The van der Waals surface area contributed by atoms with Crippen LogP contribution in [-0.2, 0) is 13.0 Å². The van der Waals surface area contributed by atoms with E-state index < -0.39 is 0 Å². The number of hydrogen-bond acceptors (Lipinski definition) is 1. The van der Waals surface area contributed by atoms with E-state index in [0.717, 1.165) is 13.0 Å². The summed E-state index contributed by atoms with van der Waals surface area (Å²) >= 11 is 0. The lowest BCUT2D eigenvalue weighted by Gasteiger charge is -2.20. The summed E-state index contributed by atoms with van der Waals surface area (Å²) in [5.41, 5.74) is 2.69. The third kappa shape index (κ3) is 2.15. The molecule has 2 heteroatoms. The Morgan fingerprint density at radius 1 is 1.10 bits per heavy atom. The second-order valence-electron chi connectivity index (χ2n) is 5.44. The van der Waals surface area contributed by atoms with Crippen molar-refractivity contribution < 1.29 is 0 Å². The summed E-state index contributed by atoms with van der Waals surface area (Å²) in [6, 6.07) is 8.89. The molecule has 1 aromatic heterocycles. The first-order valence-electron chi connectivity index (χ1n) is 7.43. The van der Waals surface area contributed by atoms with Gasteiger partial charge in [-0.25, -0.2) is 0 Å². The molecule has 104 valence electrons. The number of hydrogen-bond donors (Lipinski definition) is 0. The fourth-order valence-electron chi connectivity index (χ4n) is 3.23. The van der Waals surface area contributed by atoms with Crippen molar-refractivity contribution in [1.82, 2.24) is 4.57 Å². The van der Waals surface area contributed by atoms with Gasteiger partial charge in [0.25, 0.3) is 0 Å². The molecule has 2 nitrogen and oxygen atoms in total. The molecule has 0 atom stereocenters. The molecule has 3 rings (SSSR count). The van der Waals surface area contributed by atoms with Crippen LogP contribution in [-0.4, -0.2) is 17.7 Å². The van der Waals surface area contributed by atoms with Crippen LogP contribution in [0, 0.1) is 0 Å². The number of benzene rings is 1. The molecule has 0 bridgehead atoms. The fourth-order valence-corrected chi connectivity index (χ4v) is 3.23. The molecule has 0 amide bonds. The van der Waals surface area contributed by atoms with Crippen molar-refractivity contribution in [3.63, 3.8) is 0 Å². The summed E-state index contributed by atoms with van der Waals surface area (Å²) in [6.07, 6.45) is 7.49. The lowest BCUT2D eigenvalue weighted by atomic mass is 10.1. The summed E-state index contributed by atoms with van der Waals surface area (Å²) in [5.74, 6) is 1.34. The molecule has 0 saturated carbocycles. The van der Waals surface area contributed by atoms with E-state index in [0.29, 0.717) is 0 Å². The Labute approximate surface area is 121 Å². The molecule has 1 saturated heterocycles. The highest BCUT2D eigenvalue weighted by atomic mass is 15.2. The molecular formula is C18H22N2. The van der Waals surface area contributed by atoms with Gasteiger partial charge in [0, 0.05) is 25.0 Å². The first kappa shape index (κ1) is 13.0. The van der Waals surface area contributed by atoms with Crippen LogP contribution >= 0.6 is 0 Å². The number of aromatic nitrogens is 1. The Balaban J connectivity index is 2.19. The van der Waals surface area contributed by atoms with Crippen molar-refractivity contribution in [2.45, 2.75) is 25.8 Å². The van der Waals surface area contributed by atoms with Crippen LogP contribution in [0.1, 0.15) is 18.4 Å². The van der Waals surface area contributed by atoms with Gasteiger partial charge < -0.3 is 9.47 Å². The van der Waals surface area contributed by atoms with Crippen molar-refractivity contribution in [2.24, 2.45) is 0 Å². The van der Waals surface area contributed by atoms with Crippen molar-refractivity contribution in [1.29, 1.82) is 0 Å². The highest BCUT2D eigenvalue weighted by molar-refractivity contribution is 5.88. The number of para-hydroxylation sites is 1. The second kappa shape index (κ2) is 5.58. The Bertz CT molecular complexity index is 630. The molecule has 0 spiro atoms. The summed E-state index contributed by atoms with van der Waals surface area (Å²) in [7, 11) is 0. The molecule has 1 aromatic carbocycles. The van der Waals surface area contributed by atoms with Gasteiger partial charge in [0.15, 0.2) is 0 Å². The van der Waals surface area contributed by atoms with E-state index in [1.807, 2.05) is 12.2 Å². The van der Waals surface area contributed by atoms with Crippen molar-refractivity contribution in [2.75, 3.05) is 18.0 Å². The highest BCUT2D eigenvalue weighted by Gasteiger charge is 2.19. The Kier molecular flexibility index (Phi) is 3.64. The molecule has 2 heterocycles. The highest BCUT2D eigenvalue weighted by Crippen LogP contribution is 2.31. The Hall–Kier alpha value is -1.96. The van der Waals surface area contributed by atoms with Gasteiger partial charge >= 0.3 is 0 Å². The second-order valence-corrected chi connectivity index (χ2v) is 5.44. The minimum absolute atomic E-state index is 0.865. The predicted molar refractivity (Wildman–Crippen MR) is 87.5 cm³/mol. The van der Waals surface area contributed by atoms with Crippen LogP contribution in [0.2, 0.25) is 0 Å². The zero-order valence-corrected chi connectivity index (χ0v) is 12.0. The monoisotopic (exact) mass is 266 g/mol. The fraction of sp³-hybridized carbons (Fsp3) is 0.333. The topological polar surface area (TPSA) is 8.17 Å². The minimum atomic E-state index is 0.865. The van der Waals surface area contributed by atoms with Crippen molar-refractivity contribution in [3.8, 4) is 0 Å². The van der Waals surface area contributed by atoms with E-state index in [1.54, 1.807) is 0 Å². The first-order chi connectivity index (χ1) is 9.85. The normalized spacial score (nSPS) is 14.9. The van der Waals surface area contributed by atoms with E-state index in [1.165, 1.54) is 48.2 Å². The minimum Gasteiger partial charge on any atom is -0.358 e. The van der Waals surface area contributed by atoms with Gasteiger partial charge in [0.2, 0.25) is 0 Å². The maximum Gasteiger partial charge on any atom is 0.109 e. The third-order valence-corrected chi connectivity index (χ3v) is 4.09. The number of anilines is 1.